The largest absolute Gasteiger partial charge is 0.356 e. The molecule has 0 spiro atoms. The van der Waals surface area contributed by atoms with E-state index in [9.17, 15) is 0 Å². The summed E-state index contributed by atoms with van der Waals surface area (Å²) in [4.78, 5) is 11.3. The second kappa shape index (κ2) is 7.07. The Labute approximate surface area is 126 Å². The van der Waals surface area contributed by atoms with Crippen molar-refractivity contribution in [3.05, 3.63) is 16.1 Å². The number of piperidine rings is 1. The molecule has 112 valence electrons. The van der Waals surface area contributed by atoms with Gasteiger partial charge in [0.05, 0.1) is 10.7 Å². The molecule has 2 atom stereocenters. The highest BCUT2D eigenvalue weighted by Crippen LogP contribution is 2.20. The van der Waals surface area contributed by atoms with Gasteiger partial charge < -0.3 is 10.2 Å². The Morgan fingerprint density at radius 2 is 2.15 bits per heavy atom. The summed E-state index contributed by atoms with van der Waals surface area (Å²) in [5.41, 5.74) is 1.18. The van der Waals surface area contributed by atoms with Crippen LogP contribution in [-0.4, -0.2) is 42.5 Å². The third kappa shape index (κ3) is 4.20. The first kappa shape index (κ1) is 15.3. The van der Waals surface area contributed by atoms with Crippen LogP contribution in [0.3, 0.4) is 0 Å². The zero-order valence-corrected chi connectivity index (χ0v) is 13.8. The van der Waals surface area contributed by atoms with E-state index in [0.29, 0.717) is 0 Å². The lowest BCUT2D eigenvalue weighted by molar-refractivity contribution is 0.208. The number of aromatic nitrogens is 1. The summed E-state index contributed by atoms with van der Waals surface area (Å²) in [5, 5.41) is 6.76. The molecule has 0 aliphatic carbocycles. The van der Waals surface area contributed by atoms with Gasteiger partial charge in [0.15, 0.2) is 5.96 Å². The molecular weight excluding hydrogens is 268 g/mol. The number of thiazole rings is 1. The number of hydrogen-bond acceptors (Lipinski definition) is 3. The average Bonchev–Trinajstić information content (AvgIpc) is 2.79. The maximum Gasteiger partial charge on any atom is 0.193 e. The van der Waals surface area contributed by atoms with Gasteiger partial charge in [-0.1, -0.05) is 13.8 Å². The molecule has 1 aromatic rings. The predicted molar refractivity (Wildman–Crippen MR) is 86.4 cm³/mol. The van der Waals surface area contributed by atoms with Crippen LogP contribution in [0.2, 0.25) is 0 Å². The van der Waals surface area contributed by atoms with Crippen molar-refractivity contribution in [1.82, 2.24) is 15.2 Å². The monoisotopic (exact) mass is 294 g/mol. The molecule has 4 nitrogen and oxygen atoms in total. The molecule has 0 saturated carbocycles. The van der Waals surface area contributed by atoms with Crippen LogP contribution in [0.1, 0.15) is 31.0 Å². The van der Waals surface area contributed by atoms with Gasteiger partial charge >= 0.3 is 0 Å². The summed E-state index contributed by atoms with van der Waals surface area (Å²) in [7, 11) is 1.87. The van der Waals surface area contributed by atoms with Gasteiger partial charge in [0.25, 0.3) is 0 Å². The lowest BCUT2D eigenvalue weighted by Crippen LogP contribution is -2.48. The Kier molecular flexibility index (Phi) is 5.40. The first-order valence-electron chi connectivity index (χ1n) is 7.45. The third-order valence-corrected chi connectivity index (χ3v) is 4.53. The number of nitrogens with one attached hydrogen (secondary N) is 1. The lowest BCUT2D eigenvalue weighted by Gasteiger charge is -2.37. The molecule has 1 fully saturated rings. The van der Waals surface area contributed by atoms with Crippen LogP contribution < -0.4 is 5.32 Å². The number of aryl methyl sites for hydroxylation is 1. The molecule has 0 bridgehead atoms. The highest BCUT2D eigenvalue weighted by molar-refractivity contribution is 7.09. The van der Waals surface area contributed by atoms with Gasteiger partial charge in [-0.2, -0.15) is 0 Å². The molecule has 0 radical (unpaired) electrons. The van der Waals surface area contributed by atoms with Gasteiger partial charge in [0.2, 0.25) is 0 Å². The van der Waals surface area contributed by atoms with Gasteiger partial charge in [-0.3, -0.25) is 4.99 Å². The average molecular weight is 294 g/mol. The van der Waals surface area contributed by atoms with Gasteiger partial charge in [0, 0.05) is 38.5 Å². The number of guanidine groups is 1. The van der Waals surface area contributed by atoms with Crippen LogP contribution >= 0.6 is 11.3 Å². The highest BCUT2D eigenvalue weighted by atomic mass is 32.1. The summed E-state index contributed by atoms with van der Waals surface area (Å²) < 4.78 is 0. The SMILES string of the molecule is CN=C(NCCc1csc(C)n1)N1CC(C)CC(C)C1. The summed E-state index contributed by atoms with van der Waals surface area (Å²) in [5.74, 6) is 2.53. The molecule has 0 aromatic carbocycles. The van der Waals surface area contributed by atoms with Crippen molar-refractivity contribution in [2.24, 2.45) is 16.8 Å². The molecule has 1 aliphatic rings. The van der Waals surface area contributed by atoms with Crippen LogP contribution in [0.4, 0.5) is 0 Å². The van der Waals surface area contributed by atoms with Crippen molar-refractivity contribution in [2.75, 3.05) is 26.7 Å². The smallest absolute Gasteiger partial charge is 0.193 e. The van der Waals surface area contributed by atoms with E-state index in [0.717, 1.165) is 48.9 Å². The third-order valence-electron chi connectivity index (χ3n) is 3.71. The summed E-state index contributed by atoms with van der Waals surface area (Å²) in [6, 6.07) is 0. The zero-order chi connectivity index (χ0) is 14.5. The zero-order valence-electron chi connectivity index (χ0n) is 13.0. The van der Waals surface area contributed by atoms with Crippen LogP contribution in [-0.2, 0) is 6.42 Å². The quantitative estimate of drug-likeness (QED) is 0.688. The molecular formula is C15H26N4S. The fraction of sp³-hybridized carbons (Fsp3) is 0.733. The minimum absolute atomic E-state index is 0.749. The molecule has 1 N–H and O–H groups in total. The Balaban J connectivity index is 1.83. The van der Waals surface area contributed by atoms with Crippen molar-refractivity contribution in [1.29, 1.82) is 0 Å². The normalized spacial score (nSPS) is 24.0. The number of nitrogens with zero attached hydrogens (tertiary/aromatic N) is 3. The van der Waals surface area contributed by atoms with Crippen molar-refractivity contribution in [3.8, 4) is 0 Å². The summed E-state index contributed by atoms with van der Waals surface area (Å²) in [6.45, 7) is 9.83. The van der Waals surface area contributed by atoms with E-state index >= 15 is 0 Å². The molecule has 1 aromatic heterocycles. The molecule has 1 saturated heterocycles. The topological polar surface area (TPSA) is 40.5 Å². The molecule has 20 heavy (non-hydrogen) atoms. The maximum atomic E-state index is 4.50. The van der Waals surface area contributed by atoms with E-state index in [1.165, 1.54) is 12.1 Å². The molecule has 5 heteroatoms. The fourth-order valence-corrected chi connectivity index (χ4v) is 3.64. The maximum absolute atomic E-state index is 4.50. The van der Waals surface area contributed by atoms with Gasteiger partial charge in [0.1, 0.15) is 0 Å². The van der Waals surface area contributed by atoms with Crippen molar-refractivity contribution >= 4 is 17.3 Å². The number of hydrogen-bond donors (Lipinski definition) is 1. The Morgan fingerprint density at radius 3 is 2.70 bits per heavy atom. The van der Waals surface area contributed by atoms with Crippen LogP contribution in [0.15, 0.2) is 10.4 Å². The van der Waals surface area contributed by atoms with Crippen molar-refractivity contribution in [2.45, 2.75) is 33.6 Å². The molecule has 0 amide bonds. The standard InChI is InChI=1S/C15H26N4S/c1-11-7-12(2)9-19(8-11)15(16-4)17-6-5-14-10-20-13(3)18-14/h10-12H,5-9H2,1-4H3,(H,16,17). The van der Waals surface area contributed by atoms with Crippen LogP contribution in [0.5, 0.6) is 0 Å². The second-order valence-electron chi connectivity index (χ2n) is 5.93. The van der Waals surface area contributed by atoms with Crippen molar-refractivity contribution < 1.29 is 0 Å². The Bertz CT molecular complexity index is 444. The van der Waals surface area contributed by atoms with E-state index in [1.807, 2.05) is 7.05 Å². The number of likely N-dealkylation sites (tertiary alicyclic amines) is 1. The van der Waals surface area contributed by atoms with Gasteiger partial charge in [-0.05, 0) is 25.2 Å². The van der Waals surface area contributed by atoms with E-state index in [1.54, 1.807) is 11.3 Å². The fourth-order valence-electron chi connectivity index (χ4n) is 2.99. The summed E-state index contributed by atoms with van der Waals surface area (Å²) >= 11 is 1.72. The first-order valence-corrected chi connectivity index (χ1v) is 8.33. The van der Waals surface area contributed by atoms with Crippen LogP contribution in [0, 0.1) is 18.8 Å². The first-order chi connectivity index (χ1) is 9.58. The predicted octanol–water partition coefficient (Wildman–Crippen LogP) is 2.55. The molecule has 2 unspecified atom stereocenters. The summed E-state index contributed by atoms with van der Waals surface area (Å²) in [6.07, 6.45) is 2.29. The molecule has 1 aliphatic heterocycles. The lowest BCUT2D eigenvalue weighted by atomic mass is 9.92. The van der Waals surface area contributed by atoms with E-state index in [2.05, 4.69) is 46.3 Å². The van der Waals surface area contributed by atoms with E-state index < -0.39 is 0 Å². The highest BCUT2D eigenvalue weighted by Gasteiger charge is 2.23. The van der Waals surface area contributed by atoms with Crippen molar-refractivity contribution in [3.63, 3.8) is 0 Å². The molecule has 2 rings (SSSR count). The van der Waals surface area contributed by atoms with E-state index in [-0.39, 0.29) is 0 Å². The van der Waals surface area contributed by atoms with Gasteiger partial charge in [-0.15, -0.1) is 11.3 Å². The van der Waals surface area contributed by atoms with Gasteiger partial charge in [-0.25, -0.2) is 4.98 Å². The van der Waals surface area contributed by atoms with E-state index in [4.69, 9.17) is 0 Å². The number of rotatable bonds is 3. The Hall–Kier alpha value is -1.10. The molecule has 2 heterocycles. The second-order valence-corrected chi connectivity index (χ2v) is 7.00. The minimum Gasteiger partial charge on any atom is -0.356 e. The minimum atomic E-state index is 0.749. The van der Waals surface area contributed by atoms with Crippen LogP contribution in [0.25, 0.3) is 0 Å². The Morgan fingerprint density at radius 1 is 1.45 bits per heavy atom. The number of aliphatic imine (C=N–C) groups is 1.